The van der Waals surface area contributed by atoms with Crippen molar-refractivity contribution in [3.05, 3.63) is 65.1 Å². The van der Waals surface area contributed by atoms with Crippen LogP contribution >= 0.6 is 0 Å². The van der Waals surface area contributed by atoms with E-state index in [9.17, 15) is 39.6 Å². The van der Waals surface area contributed by atoms with Gasteiger partial charge in [-0.1, -0.05) is 6.92 Å². The summed E-state index contributed by atoms with van der Waals surface area (Å²) in [7, 11) is -1.98. The molecule has 0 saturated carbocycles. The number of fused-ring (bicyclic) bond motifs is 1. The predicted octanol–water partition coefficient (Wildman–Crippen LogP) is 6.23. The summed E-state index contributed by atoms with van der Waals surface area (Å²) in [5.41, 5.74) is -2.83. The number of aromatic nitrogens is 3. The van der Waals surface area contributed by atoms with Gasteiger partial charge >= 0.3 is 18.4 Å². The predicted molar refractivity (Wildman–Crippen MR) is 162 cm³/mol. The molecule has 1 aromatic carbocycles. The summed E-state index contributed by atoms with van der Waals surface area (Å²) in [5.74, 6) is -0.202. The number of anilines is 2. The number of pyridine rings is 1. The lowest BCUT2D eigenvalue weighted by molar-refractivity contribution is -0.143. The number of halogens is 6. The summed E-state index contributed by atoms with van der Waals surface area (Å²) in [4.78, 5) is 29.0. The molecule has 0 spiro atoms. The fourth-order valence-corrected chi connectivity index (χ4v) is 5.60. The lowest BCUT2D eigenvalue weighted by Crippen LogP contribution is -2.48. The number of sulfone groups is 1. The highest BCUT2D eigenvalue weighted by Crippen LogP contribution is 2.44. The van der Waals surface area contributed by atoms with Gasteiger partial charge < -0.3 is 19.1 Å². The van der Waals surface area contributed by atoms with Gasteiger partial charge in [0.1, 0.15) is 6.61 Å². The summed E-state index contributed by atoms with van der Waals surface area (Å²) in [6.45, 7) is 2.76. The van der Waals surface area contributed by atoms with Crippen LogP contribution in [0.2, 0.25) is 0 Å². The first-order chi connectivity index (χ1) is 22.4. The summed E-state index contributed by atoms with van der Waals surface area (Å²) in [6, 6.07) is 2.92. The average molecular weight is 706 g/mol. The fraction of sp³-hybridized carbons (Fsp3) is 0.467. The monoisotopic (exact) mass is 705 g/mol. The van der Waals surface area contributed by atoms with Crippen molar-refractivity contribution in [3.8, 4) is 11.6 Å². The van der Waals surface area contributed by atoms with Crippen LogP contribution in [0.15, 0.2) is 42.7 Å². The summed E-state index contributed by atoms with van der Waals surface area (Å²) < 4.78 is 122. The molecule has 11 nitrogen and oxygen atoms in total. The molecule has 0 aliphatic carbocycles. The van der Waals surface area contributed by atoms with Crippen LogP contribution in [0.4, 0.5) is 42.8 Å². The molecule has 2 aromatic heterocycles. The second-order valence-electron chi connectivity index (χ2n) is 10.9. The number of nitrogens with zero attached hydrogens (tertiary/aromatic N) is 5. The number of methoxy groups -OCH3 is 1. The Bertz CT molecular complexity index is 1670. The molecule has 3 heterocycles. The van der Waals surface area contributed by atoms with Crippen molar-refractivity contribution in [1.29, 1.82) is 0 Å². The number of carbonyl (C=O) groups is 1. The first kappa shape index (κ1) is 36.5. The fourth-order valence-electron chi connectivity index (χ4n) is 5.22. The molecule has 0 bridgehead atoms. The van der Waals surface area contributed by atoms with E-state index in [2.05, 4.69) is 15.0 Å². The van der Waals surface area contributed by atoms with Crippen LogP contribution < -0.4 is 19.3 Å². The molecule has 0 radical (unpaired) electrons. The Balaban J connectivity index is 1.88. The van der Waals surface area contributed by atoms with Gasteiger partial charge in [0.15, 0.2) is 15.6 Å². The van der Waals surface area contributed by atoms with E-state index in [1.165, 1.54) is 35.4 Å². The quantitative estimate of drug-likeness (QED) is 0.212. The van der Waals surface area contributed by atoms with E-state index >= 15 is 0 Å². The van der Waals surface area contributed by atoms with Crippen molar-refractivity contribution in [2.45, 2.75) is 57.7 Å². The van der Waals surface area contributed by atoms with Gasteiger partial charge in [-0.3, -0.25) is 4.90 Å². The molecular weight excluding hydrogens is 672 g/mol. The topological polar surface area (TPSA) is 124 Å². The minimum atomic E-state index is -5.08. The van der Waals surface area contributed by atoms with Crippen molar-refractivity contribution in [2.24, 2.45) is 0 Å². The third kappa shape index (κ3) is 8.76. The van der Waals surface area contributed by atoms with Crippen LogP contribution in [0, 0.1) is 0 Å². The molecule has 0 N–H and O–H groups in total. The zero-order valence-electron chi connectivity index (χ0n) is 26.3. The van der Waals surface area contributed by atoms with Crippen LogP contribution in [0.3, 0.4) is 0 Å². The first-order valence-electron chi connectivity index (χ1n) is 14.6. The van der Waals surface area contributed by atoms with Gasteiger partial charge in [-0.05, 0) is 49.6 Å². The molecule has 3 aromatic rings. The van der Waals surface area contributed by atoms with Crippen LogP contribution in [0.1, 0.15) is 55.1 Å². The Hall–Kier alpha value is -4.35. The van der Waals surface area contributed by atoms with E-state index in [-0.39, 0.29) is 60.3 Å². The maximum atomic E-state index is 13.8. The maximum Gasteiger partial charge on any atom is 0.416 e. The lowest BCUT2D eigenvalue weighted by atomic mass is 9.92. The SMILES string of the molecule is CCOC(=O)N1c2ccc(OC)nc2[C@@H](N(Cc2cc(C(F)(F)F)cc(C(F)(F)F)c2)c2ncc(OCCS(C)(=O)=O)cn2)C[C@H]1CC. The summed E-state index contributed by atoms with van der Waals surface area (Å²) in [5, 5.41) is 0. The number of alkyl halides is 6. The van der Waals surface area contributed by atoms with E-state index in [0.29, 0.717) is 24.2 Å². The van der Waals surface area contributed by atoms with E-state index in [0.717, 1.165) is 6.26 Å². The molecular formula is C30H33F6N5O6S. The number of amides is 1. The Kier molecular flexibility index (Phi) is 11.0. The smallest absolute Gasteiger partial charge is 0.416 e. The zero-order chi connectivity index (χ0) is 35.4. The standard InChI is InChI=1S/C30H33F6N5O6S/c1-5-21-14-24(26-23(7-8-25(39-26)45-3)41(21)28(42)46-6-2)40(27-37-15-22(16-38-27)47-9-10-48(4,43)44)17-18-11-19(29(31,32)33)13-20(12-18)30(34,35)36/h7-8,11-13,15-16,21,24H,5-6,9-10,14,17H2,1-4H3/t21-,24+/m1/s1. The normalized spacial score (nSPS) is 16.7. The van der Waals surface area contributed by atoms with Crippen molar-refractivity contribution in [1.82, 2.24) is 15.0 Å². The Morgan fingerprint density at radius 3 is 2.17 bits per heavy atom. The molecule has 262 valence electrons. The number of ether oxygens (including phenoxy) is 3. The minimum absolute atomic E-state index is 0.0413. The number of rotatable bonds is 11. The number of benzene rings is 1. The molecule has 2 atom stereocenters. The lowest BCUT2D eigenvalue weighted by Gasteiger charge is -2.43. The molecule has 18 heteroatoms. The largest absolute Gasteiger partial charge is 0.489 e. The molecule has 0 unspecified atom stereocenters. The second-order valence-corrected chi connectivity index (χ2v) is 13.1. The molecule has 48 heavy (non-hydrogen) atoms. The van der Waals surface area contributed by atoms with Gasteiger partial charge in [0.2, 0.25) is 11.8 Å². The molecule has 1 aliphatic rings. The van der Waals surface area contributed by atoms with Crippen molar-refractivity contribution in [3.63, 3.8) is 0 Å². The average Bonchev–Trinajstić information content (AvgIpc) is 3.01. The highest BCUT2D eigenvalue weighted by molar-refractivity contribution is 7.90. The van der Waals surface area contributed by atoms with Crippen LogP contribution in [-0.2, 0) is 33.5 Å². The third-order valence-electron chi connectivity index (χ3n) is 7.43. The maximum absolute atomic E-state index is 13.8. The molecule has 4 rings (SSSR count). The number of hydrogen-bond acceptors (Lipinski definition) is 10. The van der Waals surface area contributed by atoms with Crippen molar-refractivity contribution < 1.29 is 53.8 Å². The zero-order valence-corrected chi connectivity index (χ0v) is 27.1. The van der Waals surface area contributed by atoms with E-state index in [4.69, 9.17) is 14.2 Å². The van der Waals surface area contributed by atoms with Gasteiger partial charge in [0.05, 0.1) is 60.4 Å². The Morgan fingerprint density at radius 1 is 1.02 bits per heavy atom. The van der Waals surface area contributed by atoms with E-state index in [1.54, 1.807) is 13.0 Å². The Morgan fingerprint density at radius 2 is 1.65 bits per heavy atom. The van der Waals surface area contributed by atoms with Gasteiger partial charge in [-0.25, -0.2) is 28.2 Å². The molecule has 0 saturated heterocycles. The molecule has 1 aliphatic heterocycles. The summed E-state index contributed by atoms with van der Waals surface area (Å²) in [6.07, 6.45) is -6.89. The Labute approximate surface area is 272 Å². The van der Waals surface area contributed by atoms with Gasteiger partial charge in [-0.2, -0.15) is 26.3 Å². The number of carbonyl (C=O) groups excluding carboxylic acids is 1. The van der Waals surface area contributed by atoms with Crippen LogP contribution in [-0.4, -0.2) is 67.8 Å². The van der Waals surface area contributed by atoms with Gasteiger partial charge in [0.25, 0.3) is 0 Å². The highest BCUT2D eigenvalue weighted by Gasteiger charge is 2.42. The number of hydrogen-bond donors (Lipinski definition) is 0. The van der Waals surface area contributed by atoms with Gasteiger partial charge in [-0.15, -0.1) is 0 Å². The van der Waals surface area contributed by atoms with Crippen molar-refractivity contribution >= 4 is 27.6 Å². The molecule has 0 fully saturated rings. The highest BCUT2D eigenvalue weighted by atomic mass is 32.2. The van der Waals surface area contributed by atoms with Gasteiger partial charge in [0, 0.05) is 24.9 Å². The third-order valence-corrected chi connectivity index (χ3v) is 8.34. The van der Waals surface area contributed by atoms with E-state index in [1.807, 2.05) is 6.92 Å². The molecule has 1 amide bonds. The van der Waals surface area contributed by atoms with Crippen molar-refractivity contribution in [2.75, 3.05) is 42.1 Å². The first-order valence-corrected chi connectivity index (χ1v) is 16.7. The van der Waals surface area contributed by atoms with Crippen LogP contribution in [0.25, 0.3) is 0 Å². The van der Waals surface area contributed by atoms with Crippen LogP contribution in [0.5, 0.6) is 11.6 Å². The minimum Gasteiger partial charge on any atom is -0.489 e. The summed E-state index contributed by atoms with van der Waals surface area (Å²) >= 11 is 0. The van der Waals surface area contributed by atoms with E-state index < -0.39 is 58.0 Å². The second kappa shape index (κ2) is 14.4.